The molecular weight excluding hydrogens is 472 g/mol. The number of amidine groups is 1. The van der Waals surface area contributed by atoms with Gasteiger partial charge in [0, 0.05) is 24.4 Å². The smallest absolute Gasteiger partial charge is 0.308 e. The molecule has 11 heteroatoms. The Morgan fingerprint density at radius 2 is 1.86 bits per heavy atom. The van der Waals surface area contributed by atoms with Crippen molar-refractivity contribution in [1.29, 1.82) is 0 Å². The van der Waals surface area contributed by atoms with E-state index in [2.05, 4.69) is 14.8 Å². The van der Waals surface area contributed by atoms with Gasteiger partial charge in [-0.1, -0.05) is 12.1 Å². The molecule has 10 nitrogen and oxygen atoms in total. The van der Waals surface area contributed by atoms with E-state index in [0.29, 0.717) is 16.9 Å². The van der Waals surface area contributed by atoms with Crippen LogP contribution >= 0.6 is 0 Å². The normalized spacial score (nSPS) is 14.3. The summed E-state index contributed by atoms with van der Waals surface area (Å²) in [4.78, 5) is 23.8. The number of fused-ring (bicyclic) bond motifs is 1. The van der Waals surface area contributed by atoms with E-state index in [9.17, 15) is 18.0 Å². The van der Waals surface area contributed by atoms with Crippen LogP contribution in [0.3, 0.4) is 0 Å². The second-order valence-electron chi connectivity index (χ2n) is 8.81. The number of rotatable bonds is 7. The Labute approximate surface area is 204 Å². The molecule has 1 amide bonds. The minimum absolute atomic E-state index is 0.0601. The highest BCUT2D eigenvalue weighted by atomic mass is 32.2. The standard InChI is InChI=1S/C24H28N4O6S/c1-16(29)34-19-11-10-17(14-20(19)33-5)15-25-28(13-12-22(30)26-24(2,3)4)23-18-8-6-7-9-21(18)35(31,32)27-23/h6-11,14-15H,12-13H2,1-5H3,(H,26,30)/b25-15+. The minimum Gasteiger partial charge on any atom is -0.493 e. The number of esters is 1. The van der Waals surface area contributed by atoms with Gasteiger partial charge in [0.2, 0.25) is 5.91 Å². The number of nitrogens with zero attached hydrogens (tertiary/aromatic N) is 3. The number of carbonyl (C=O) groups is 2. The number of carbonyl (C=O) groups excluding carboxylic acids is 2. The van der Waals surface area contributed by atoms with Crippen LogP contribution in [0.5, 0.6) is 11.5 Å². The Kier molecular flexibility index (Phi) is 7.59. The highest BCUT2D eigenvalue weighted by Crippen LogP contribution is 2.29. The van der Waals surface area contributed by atoms with E-state index in [1.807, 2.05) is 20.8 Å². The van der Waals surface area contributed by atoms with Crippen LogP contribution in [0.25, 0.3) is 0 Å². The van der Waals surface area contributed by atoms with E-state index in [4.69, 9.17) is 9.47 Å². The van der Waals surface area contributed by atoms with Crippen molar-refractivity contribution in [2.24, 2.45) is 9.50 Å². The molecule has 0 radical (unpaired) electrons. The quantitative estimate of drug-likeness (QED) is 0.268. The number of hydrogen-bond acceptors (Lipinski definition) is 8. The van der Waals surface area contributed by atoms with Crippen molar-refractivity contribution in [3.8, 4) is 11.5 Å². The Morgan fingerprint density at radius 1 is 1.14 bits per heavy atom. The second-order valence-corrected chi connectivity index (χ2v) is 10.4. The highest BCUT2D eigenvalue weighted by Gasteiger charge is 2.32. The molecule has 1 aliphatic rings. The summed E-state index contributed by atoms with van der Waals surface area (Å²) < 4.78 is 39.5. The molecule has 3 rings (SSSR count). The van der Waals surface area contributed by atoms with E-state index in [1.165, 1.54) is 31.3 Å². The first-order valence-electron chi connectivity index (χ1n) is 10.8. The lowest BCUT2D eigenvalue weighted by Crippen LogP contribution is -2.42. The lowest BCUT2D eigenvalue weighted by Gasteiger charge is -2.22. The molecule has 0 saturated carbocycles. The SMILES string of the molecule is COc1cc(/C=N/N(CCC(=O)NC(C)(C)C)C2=NS(=O)(=O)c3ccccc32)ccc1OC(C)=O. The highest BCUT2D eigenvalue weighted by molar-refractivity contribution is 7.90. The van der Waals surface area contributed by atoms with E-state index < -0.39 is 21.5 Å². The second kappa shape index (κ2) is 10.3. The largest absolute Gasteiger partial charge is 0.493 e. The van der Waals surface area contributed by atoms with Crippen LogP contribution in [0, 0.1) is 0 Å². The summed E-state index contributed by atoms with van der Waals surface area (Å²) in [6.45, 7) is 6.99. The average molecular weight is 501 g/mol. The van der Waals surface area contributed by atoms with Gasteiger partial charge in [0.05, 0.1) is 19.9 Å². The predicted octanol–water partition coefficient (Wildman–Crippen LogP) is 2.71. The number of benzene rings is 2. The summed E-state index contributed by atoms with van der Waals surface area (Å²) in [7, 11) is -2.43. The molecule has 35 heavy (non-hydrogen) atoms. The third-order valence-electron chi connectivity index (χ3n) is 4.71. The number of nitrogens with one attached hydrogen (secondary N) is 1. The summed E-state index contributed by atoms with van der Waals surface area (Å²) in [5.41, 5.74) is 0.590. The molecule has 0 bridgehead atoms. The fourth-order valence-electron chi connectivity index (χ4n) is 3.32. The van der Waals surface area contributed by atoms with Crippen LogP contribution in [0.2, 0.25) is 0 Å². The third-order valence-corrected chi connectivity index (χ3v) is 6.03. The molecule has 2 aromatic rings. The van der Waals surface area contributed by atoms with Crippen molar-refractivity contribution < 1.29 is 27.5 Å². The Morgan fingerprint density at radius 3 is 2.51 bits per heavy atom. The maximum absolute atomic E-state index is 12.6. The molecule has 0 saturated heterocycles. The molecular formula is C24H28N4O6S. The van der Waals surface area contributed by atoms with Crippen LogP contribution in [-0.2, 0) is 19.6 Å². The van der Waals surface area contributed by atoms with Gasteiger partial charge >= 0.3 is 5.97 Å². The van der Waals surface area contributed by atoms with Crippen LogP contribution in [0.15, 0.2) is 56.9 Å². The number of ether oxygens (including phenoxy) is 2. The Hall–Kier alpha value is -3.73. The summed E-state index contributed by atoms with van der Waals surface area (Å²) in [6, 6.07) is 11.3. The number of sulfonamides is 1. The zero-order valence-corrected chi connectivity index (χ0v) is 21.0. The van der Waals surface area contributed by atoms with Crippen LogP contribution in [0.4, 0.5) is 0 Å². The van der Waals surface area contributed by atoms with Crippen molar-refractivity contribution in [2.75, 3.05) is 13.7 Å². The molecule has 0 unspecified atom stereocenters. The molecule has 0 atom stereocenters. The van der Waals surface area contributed by atoms with E-state index >= 15 is 0 Å². The number of methoxy groups -OCH3 is 1. The van der Waals surface area contributed by atoms with E-state index in [0.717, 1.165) is 0 Å². The number of hydrazone groups is 1. The molecule has 0 spiro atoms. The van der Waals surface area contributed by atoms with Crippen LogP contribution in [0.1, 0.15) is 45.2 Å². The lowest BCUT2D eigenvalue weighted by atomic mass is 10.1. The molecule has 186 valence electrons. The number of amides is 1. The first-order chi connectivity index (χ1) is 16.4. The molecule has 0 aliphatic carbocycles. The van der Waals surface area contributed by atoms with Crippen molar-refractivity contribution in [1.82, 2.24) is 10.3 Å². The first kappa shape index (κ1) is 25.9. The van der Waals surface area contributed by atoms with Gasteiger partial charge in [-0.05, 0) is 56.7 Å². The molecule has 2 aromatic carbocycles. The fourth-order valence-corrected chi connectivity index (χ4v) is 4.53. The summed E-state index contributed by atoms with van der Waals surface area (Å²) in [5, 5.41) is 8.71. The number of hydrogen-bond donors (Lipinski definition) is 1. The topological polar surface area (TPSA) is 127 Å². The van der Waals surface area contributed by atoms with Gasteiger partial charge < -0.3 is 14.8 Å². The third kappa shape index (κ3) is 6.66. The van der Waals surface area contributed by atoms with Gasteiger partial charge in [0.1, 0.15) is 4.90 Å². The molecule has 1 heterocycles. The molecule has 1 aliphatic heterocycles. The van der Waals surface area contributed by atoms with Crippen molar-refractivity contribution in [2.45, 2.75) is 44.6 Å². The van der Waals surface area contributed by atoms with Gasteiger partial charge in [-0.3, -0.25) is 9.59 Å². The maximum Gasteiger partial charge on any atom is 0.308 e. The van der Waals surface area contributed by atoms with Crippen LogP contribution in [-0.4, -0.2) is 56.5 Å². The van der Waals surface area contributed by atoms with Gasteiger partial charge in [0.15, 0.2) is 17.3 Å². The van der Waals surface area contributed by atoms with Crippen molar-refractivity contribution >= 4 is 33.9 Å². The van der Waals surface area contributed by atoms with Gasteiger partial charge in [-0.15, -0.1) is 4.40 Å². The van der Waals surface area contributed by atoms with E-state index in [-0.39, 0.29) is 35.4 Å². The zero-order chi connectivity index (χ0) is 25.8. The van der Waals surface area contributed by atoms with Crippen LogP contribution < -0.4 is 14.8 Å². The zero-order valence-electron chi connectivity index (χ0n) is 20.2. The summed E-state index contributed by atoms with van der Waals surface area (Å²) in [6.07, 6.45) is 1.54. The van der Waals surface area contributed by atoms with Gasteiger partial charge in [0.25, 0.3) is 10.0 Å². The average Bonchev–Trinajstić information content (AvgIpc) is 3.04. The summed E-state index contributed by atoms with van der Waals surface area (Å²) >= 11 is 0. The Bertz CT molecular complexity index is 1300. The van der Waals surface area contributed by atoms with Gasteiger partial charge in [-0.25, -0.2) is 5.01 Å². The monoisotopic (exact) mass is 500 g/mol. The minimum atomic E-state index is -3.87. The molecule has 0 fully saturated rings. The van der Waals surface area contributed by atoms with Crippen molar-refractivity contribution in [3.63, 3.8) is 0 Å². The molecule has 0 aromatic heterocycles. The van der Waals surface area contributed by atoms with E-state index in [1.54, 1.807) is 36.4 Å². The molecule has 1 N–H and O–H groups in total. The Balaban J connectivity index is 1.93. The van der Waals surface area contributed by atoms with Crippen molar-refractivity contribution in [3.05, 3.63) is 53.6 Å². The predicted molar refractivity (Wildman–Crippen MR) is 131 cm³/mol. The lowest BCUT2D eigenvalue weighted by molar-refractivity contribution is -0.132. The fraction of sp³-hybridized carbons (Fsp3) is 0.333. The first-order valence-corrected chi connectivity index (χ1v) is 12.3. The van der Waals surface area contributed by atoms with Gasteiger partial charge in [-0.2, -0.15) is 13.5 Å². The summed E-state index contributed by atoms with van der Waals surface area (Å²) in [5.74, 6) is 0.0201. The maximum atomic E-state index is 12.6.